The SMILES string of the molecule is C=CC=C(C=C)CC(=O)OCC. The second-order valence-electron chi connectivity index (χ2n) is 2.16. The topological polar surface area (TPSA) is 26.3 Å². The summed E-state index contributed by atoms with van der Waals surface area (Å²) in [6.45, 7) is 9.29. The third-order valence-electron chi connectivity index (χ3n) is 1.25. The van der Waals surface area contributed by atoms with E-state index in [4.69, 9.17) is 4.74 Å². The highest BCUT2D eigenvalue weighted by atomic mass is 16.5. The van der Waals surface area contributed by atoms with Crippen LogP contribution in [-0.2, 0) is 9.53 Å². The average molecular weight is 166 g/mol. The lowest BCUT2D eigenvalue weighted by molar-refractivity contribution is -0.142. The lowest BCUT2D eigenvalue weighted by atomic mass is 10.2. The second kappa shape index (κ2) is 6.40. The maximum Gasteiger partial charge on any atom is 0.310 e. The van der Waals surface area contributed by atoms with Gasteiger partial charge in [0, 0.05) is 0 Å². The van der Waals surface area contributed by atoms with E-state index in [0.717, 1.165) is 5.57 Å². The van der Waals surface area contributed by atoms with Crippen LogP contribution in [0.3, 0.4) is 0 Å². The molecule has 0 spiro atoms. The maximum atomic E-state index is 10.9. The molecule has 0 unspecified atom stereocenters. The number of carbonyl (C=O) groups is 1. The fourth-order valence-electron chi connectivity index (χ4n) is 0.729. The molecule has 0 heterocycles. The number of allylic oxidation sites excluding steroid dienone is 3. The maximum absolute atomic E-state index is 10.9. The van der Waals surface area contributed by atoms with Crippen LogP contribution in [-0.4, -0.2) is 12.6 Å². The van der Waals surface area contributed by atoms with Gasteiger partial charge in [0.15, 0.2) is 0 Å². The van der Waals surface area contributed by atoms with Gasteiger partial charge in [-0.2, -0.15) is 0 Å². The van der Waals surface area contributed by atoms with Gasteiger partial charge in [-0.15, -0.1) is 0 Å². The highest BCUT2D eigenvalue weighted by Crippen LogP contribution is 2.03. The van der Waals surface area contributed by atoms with Crippen molar-refractivity contribution in [2.45, 2.75) is 13.3 Å². The van der Waals surface area contributed by atoms with Crippen LogP contribution < -0.4 is 0 Å². The lowest BCUT2D eigenvalue weighted by Gasteiger charge is -2.00. The van der Waals surface area contributed by atoms with E-state index in [0.29, 0.717) is 6.61 Å². The van der Waals surface area contributed by atoms with E-state index in [2.05, 4.69) is 13.2 Å². The molecule has 12 heavy (non-hydrogen) atoms. The highest BCUT2D eigenvalue weighted by Gasteiger charge is 2.02. The number of carbonyl (C=O) groups excluding carboxylic acids is 1. The number of ether oxygens (including phenoxy) is 1. The van der Waals surface area contributed by atoms with Crippen molar-refractivity contribution in [1.29, 1.82) is 0 Å². The molecule has 0 aromatic rings. The molecule has 0 rings (SSSR count). The number of hydrogen-bond donors (Lipinski definition) is 0. The van der Waals surface area contributed by atoms with Gasteiger partial charge in [-0.3, -0.25) is 4.79 Å². The summed E-state index contributed by atoms with van der Waals surface area (Å²) < 4.78 is 4.76. The second-order valence-corrected chi connectivity index (χ2v) is 2.16. The van der Waals surface area contributed by atoms with Crippen LogP contribution in [0.1, 0.15) is 13.3 Å². The van der Waals surface area contributed by atoms with Gasteiger partial charge in [0.1, 0.15) is 0 Å². The molecule has 0 saturated heterocycles. The molecular formula is C10H14O2. The molecule has 0 aliphatic rings. The molecule has 0 fully saturated rings. The first-order chi connectivity index (χ1) is 5.74. The molecule has 2 nitrogen and oxygen atoms in total. The van der Waals surface area contributed by atoms with Gasteiger partial charge in [0.25, 0.3) is 0 Å². The minimum atomic E-state index is -0.231. The molecule has 0 saturated carbocycles. The minimum Gasteiger partial charge on any atom is -0.466 e. The first kappa shape index (κ1) is 10.7. The van der Waals surface area contributed by atoms with Gasteiger partial charge in [0.05, 0.1) is 13.0 Å². The molecule has 0 aromatic heterocycles. The quantitative estimate of drug-likeness (QED) is 0.462. The van der Waals surface area contributed by atoms with Gasteiger partial charge in [-0.05, 0) is 12.5 Å². The van der Waals surface area contributed by atoms with E-state index < -0.39 is 0 Å². The van der Waals surface area contributed by atoms with Crippen molar-refractivity contribution in [2.24, 2.45) is 0 Å². The monoisotopic (exact) mass is 166 g/mol. The average Bonchev–Trinajstić information content (AvgIpc) is 2.04. The van der Waals surface area contributed by atoms with Crippen LogP contribution >= 0.6 is 0 Å². The molecular weight excluding hydrogens is 152 g/mol. The van der Waals surface area contributed by atoms with Gasteiger partial charge < -0.3 is 4.74 Å². The Hall–Kier alpha value is -1.31. The zero-order chi connectivity index (χ0) is 9.40. The standard InChI is InChI=1S/C10H14O2/c1-4-7-9(5-2)8-10(11)12-6-3/h4-5,7H,1-2,6,8H2,3H3. The summed E-state index contributed by atoms with van der Waals surface area (Å²) in [4.78, 5) is 10.9. The van der Waals surface area contributed by atoms with Gasteiger partial charge in [-0.25, -0.2) is 0 Å². The Morgan fingerprint density at radius 1 is 1.50 bits per heavy atom. The van der Waals surface area contributed by atoms with E-state index >= 15 is 0 Å². The van der Waals surface area contributed by atoms with Crippen LogP contribution in [0, 0.1) is 0 Å². The lowest BCUT2D eigenvalue weighted by Crippen LogP contribution is -2.04. The normalized spacial score (nSPS) is 10.6. The predicted octanol–water partition coefficient (Wildman–Crippen LogP) is 2.24. The minimum absolute atomic E-state index is 0.231. The Balaban J connectivity index is 4.02. The van der Waals surface area contributed by atoms with Gasteiger partial charge in [0.2, 0.25) is 0 Å². The van der Waals surface area contributed by atoms with E-state index in [1.54, 1.807) is 25.2 Å². The fourth-order valence-corrected chi connectivity index (χ4v) is 0.729. The molecule has 2 heteroatoms. The van der Waals surface area contributed by atoms with Crippen molar-refractivity contribution in [3.8, 4) is 0 Å². The van der Waals surface area contributed by atoms with Gasteiger partial charge in [-0.1, -0.05) is 31.4 Å². The highest BCUT2D eigenvalue weighted by molar-refractivity contribution is 5.73. The number of esters is 1. The van der Waals surface area contributed by atoms with Crippen molar-refractivity contribution in [2.75, 3.05) is 6.61 Å². The van der Waals surface area contributed by atoms with Crippen LogP contribution in [0.15, 0.2) is 37.0 Å². The van der Waals surface area contributed by atoms with Crippen LogP contribution in [0.4, 0.5) is 0 Å². The molecule has 0 bridgehead atoms. The summed E-state index contributed by atoms with van der Waals surface area (Å²) in [5.74, 6) is -0.231. The zero-order valence-corrected chi connectivity index (χ0v) is 7.38. The zero-order valence-electron chi connectivity index (χ0n) is 7.38. The van der Waals surface area contributed by atoms with Crippen LogP contribution in [0.25, 0.3) is 0 Å². The summed E-state index contributed by atoms with van der Waals surface area (Å²) in [6.07, 6.45) is 5.25. The summed E-state index contributed by atoms with van der Waals surface area (Å²) >= 11 is 0. The van der Waals surface area contributed by atoms with E-state index in [1.165, 1.54) is 0 Å². The molecule has 0 aliphatic carbocycles. The van der Waals surface area contributed by atoms with Crippen molar-refractivity contribution in [3.63, 3.8) is 0 Å². The van der Waals surface area contributed by atoms with Crippen molar-refractivity contribution < 1.29 is 9.53 Å². The molecule has 0 radical (unpaired) electrons. The Morgan fingerprint density at radius 2 is 2.17 bits per heavy atom. The van der Waals surface area contributed by atoms with Crippen LogP contribution in [0.5, 0.6) is 0 Å². The van der Waals surface area contributed by atoms with Gasteiger partial charge >= 0.3 is 5.97 Å². The largest absolute Gasteiger partial charge is 0.466 e. The molecule has 0 atom stereocenters. The predicted molar refractivity (Wildman–Crippen MR) is 49.7 cm³/mol. The summed E-state index contributed by atoms with van der Waals surface area (Å²) in [6, 6.07) is 0. The fraction of sp³-hybridized carbons (Fsp3) is 0.300. The Morgan fingerprint density at radius 3 is 2.58 bits per heavy atom. The van der Waals surface area contributed by atoms with Crippen LogP contribution in [0.2, 0.25) is 0 Å². The molecule has 66 valence electrons. The van der Waals surface area contributed by atoms with E-state index in [1.807, 2.05) is 0 Å². The summed E-state index contributed by atoms with van der Waals surface area (Å²) in [5.41, 5.74) is 0.823. The van der Waals surface area contributed by atoms with Crippen molar-refractivity contribution in [3.05, 3.63) is 37.0 Å². The Kier molecular flexibility index (Phi) is 5.70. The van der Waals surface area contributed by atoms with Crippen molar-refractivity contribution in [1.82, 2.24) is 0 Å². The van der Waals surface area contributed by atoms with E-state index in [9.17, 15) is 4.79 Å². The third-order valence-corrected chi connectivity index (χ3v) is 1.25. The Labute approximate surface area is 73.2 Å². The summed E-state index contributed by atoms with van der Waals surface area (Å²) in [5, 5.41) is 0. The Bertz CT molecular complexity index is 202. The molecule has 0 aliphatic heterocycles. The first-order valence-electron chi connectivity index (χ1n) is 3.84. The third kappa shape index (κ3) is 4.50. The molecule has 0 N–H and O–H groups in total. The molecule has 0 amide bonds. The number of rotatable bonds is 5. The first-order valence-corrected chi connectivity index (χ1v) is 3.84. The van der Waals surface area contributed by atoms with E-state index in [-0.39, 0.29) is 12.4 Å². The number of hydrogen-bond acceptors (Lipinski definition) is 2. The van der Waals surface area contributed by atoms with Crippen molar-refractivity contribution >= 4 is 5.97 Å². The summed E-state index contributed by atoms with van der Waals surface area (Å²) in [7, 11) is 0. The smallest absolute Gasteiger partial charge is 0.310 e. The molecule has 0 aromatic carbocycles.